The van der Waals surface area contributed by atoms with Crippen LogP contribution in [0.25, 0.3) is 0 Å². The average molecular weight is 426 g/mol. The van der Waals surface area contributed by atoms with Gasteiger partial charge in [-0.15, -0.1) is 0 Å². The number of rotatable bonds is 5. The van der Waals surface area contributed by atoms with Gasteiger partial charge in [0, 0.05) is 44.6 Å². The first-order chi connectivity index (χ1) is 15.0. The second-order valence-electron chi connectivity index (χ2n) is 7.16. The summed E-state index contributed by atoms with van der Waals surface area (Å²) >= 11 is 0. The van der Waals surface area contributed by atoms with Gasteiger partial charge < -0.3 is 20.4 Å². The Morgan fingerprint density at radius 2 is 1.74 bits per heavy atom. The van der Waals surface area contributed by atoms with E-state index in [-0.39, 0.29) is 11.9 Å². The fourth-order valence-corrected chi connectivity index (χ4v) is 3.48. The molecule has 0 atom stereocenters. The third-order valence-corrected chi connectivity index (χ3v) is 5.21. The number of anilines is 2. The molecule has 3 rings (SSSR count). The predicted octanol–water partition coefficient (Wildman–Crippen LogP) is 4.08. The molecular weight excluding hydrogens is 390 g/mol. The molecule has 2 N–H and O–H groups in total. The summed E-state index contributed by atoms with van der Waals surface area (Å²) < 4.78 is 0. The Morgan fingerprint density at radius 3 is 2.29 bits per heavy atom. The van der Waals surface area contributed by atoms with E-state index in [1.165, 1.54) is 11.1 Å². The number of amides is 3. The molecule has 31 heavy (non-hydrogen) atoms. The summed E-state index contributed by atoms with van der Waals surface area (Å²) in [6, 6.07) is 9.61. The van der Waals surface area contributed by atoms with Gasteiger partial charge in [-0.3, -0.25) is 4.79 Å². The van der Waals surface area contributed by atoms with Crippen molar-refractivity contribution in [2.45, 2.75) is 41.0 Å². The Bertz CT molecular complexity index is 859. The molecule has 168 valence electrons. The Balaban J connectivity index is 0.00000166. The lowest BCUT2D eigenvalue weighted by Gasteiger charge is -2.35. The number of aryl methyl sites for hydroxylation is 2. The van der Waals surface area contributed by atoms with Gasteiger partial charge in [-0.2, -0.15) is 0 Å². The number of hydrogen-bond acceptors (Lipinski definition) is 4. The summed E-state index contributed by atoms with van der Waals surface area (Å²) in [6.45, 7) is 13.5. The Labute approximate surface area is 185 Å². The van der Waals surface area contributed by atoms with Crippen molar-refractivity contribution < 1.29 is 9.59 Å². The number of aromatic nitrogens is 1. The number of benzene rings is 1. The standard InChI is InChI=1S/C22H29N5O2.C2H6/c1-4-17-6-8-19(14-16(17)3)25-21(28)18-7-9-20(24-15-18)26-10-12-27(13-11-26)22(29)23-5-2;1-2/h6-9,14-15H,4-5,10-13H2,1-3H3,(H,23,29)(H,25,28);1-2H3. The fraction of sp³-hybridized carbons (Fsp3) is 0.458. The summed E-state index contributed by atoms with van der Waals surface area (Å²) in [5.74, 6) is 0.647. The third-order valence-electron chi connectivity index (χ3n) is 5.21. The van der Waals surface area contributed by atoms with Gasteiger partial charge in [-0.25, -0.2) is 9.78 Å². The van der Waals surface area contributed by atoms with Crippen molar-refractivity contribution in [3.63, 3.8) is 0 Å². The first-order valence-electron chi connectivity index (χ1n) is 11.2. The molecule has 1 aromatic carbocycles. The minimum absolute atomic E-state index is 0.0191. The van der Waals surface area contributed by atoms with Crippen LogP contribution in [0.3, 0.4) is 0 Å². The second kappa shape index (κ2) is 11.9. The number of hydrogen-bond donors (Lipinski definition) is 2. The van der Waals surface area contributed by atoms with Gasteiger partial charge in [0.15, 0.2) is 0 Å². The third kappa shape index (κ3) is 6.44. The smallest absolute Gasteiger partial charge is 0.317 e. The number of carbonyl (C=O) groups is 2. The first-order valence-corrected chi connectivity index (χ1v) is 11.2. The molecule has 0 unspecified atom stereocenters. The van der Waals surface area contributed by atoms with Crippen LogP contribution in [0.4, 0.5) is 16.3 Å². The summed E-state index contributed by atoms with van der Waals surface area (Å²) in [6.07, 6.45) is 2.58. The monoisotopic (exact) mass is 425 g/mol. The highest BCUT2D eigenvalue weighted by atomic mass is 16.2. The Kier molecular flexibility index (Phi) is 9.31. The van der Waals surface area contributed by atoms with E-state index in [1.807, 2.05) is 49.9 Å². The molecule has 0 bridgehead atoms. The van der Waals surface area contributed by atoms with Gasteiger partial charge in [-0.1, -0.05) is 26.8 Å². The molecule has 1 saturated heterocycles. The van der Waals surface area contributed by atoms with Crippen molar-refractivity contribution in [2.75, 3.05) is 42.9 Å². The van der Waals surface area contributed by atoms with Crippen molar-refractivity contribution in [1.29, 1.82) is 0 Å². The largest absolute Gasteiger partial charge is 0.353 e. The number of piperazine rings is 1. The topological polar surface area (TPSA) is 77.6 Å². The molecule has 7 nitrogen and oxygen atoms in total. The minimum atomic E-state index is -0.172. The molecule has 1 aromatic heterocycles. The van der Waals surface area contributed by atoms with Gasteiger partial charge in [0.2, 0.25) is 0 Å². The molecule has 2 aromatic rings. The van der Waals surface area contributed by atoms with Crippen LogP contribution in [0.5, 0.6) is 0 Å². The van der Waals surface area contributed by atoms with Crippen LogP contribution in [-0.4, -0.2) is 54.5 Å². The van der Waals surface area contributed by atoms with E-state index >= 15 is 0 Å². The van der Waals surface area contributed by atoms with Gasteiger partial charge >= 0.3 is 6.03 Å². The highest BCUT2D eigenvalue weighted by Gasteiger charge is 2.21. The molecule has 1 fully saturated rings. The number of nitrogens with one attached hydrogen (secondary N) is 2. The van der Waals surface area contributed by atoms with E-state index in [9.17, 15) is 9.59 Å². The summed E-state index contributed by atoms with van der Waals surface area (Å²) in [5, 5.41) is 5.76. The number of pyridine rings is 1. The number of carbonyl (C=O) groups excluding carboxylic acids is 2. The maximum Gasteiger partial charge on any atom is 0.317 e. The maximum absolute atomic E-state index is 12.5. The van der Waals surface area contributed by atoms with Crippen LogP contribution in [0.15, 0.2) is 36.5 Å². The molecule has 2 heterocycles. The lowest BCUT2D eigenvalue weighted by Crippen LogP contribution is -2.52. The van der Waals surface area contributed by atoms with E-state index < -0.39 is 0 Å². The number of urea groups is 1. The van der Waals surface area contributed by atoms with Crippen LogP contribution in [-0.2, 0) is 6.42 Å². The maximum atomic E-state index is 12.5. The van der Waals surface area contributed by atoms with Gasteiger partial charge in [0.05, 0.1) is 5.56 Å². The minimum Gasteiger partial charge on any atom is -0.353 e. The lowest BCUT2D eigenvalue weighted by atomic mass is 10.1. The van der Waals surface area contributed by atoms with Crippen LogP contribution in [0.1, 0.15) is 49.2 Å². The molecule has 0 saturated carbocycles. The average Bonchev–Trinajstić information content (AvgIpc) is 2.81. The van der Waals surface area contributed by atoms with Gasteiger partial charge in [0.25, 0.3) is 5.91 Å². The van der Waals surface area contributed by atoms with Crippen molar-refractivity contribution in [2.24, 2.45) is 0 Å². The number of nitrogens with zero attached hydrogens (tertiary/aromatic N) is 3. The second-order valence-corrected chi connectivity index (χ2v) is 7.16. The lowest BCUT2D eigenvalue weighted by molar-refractivity contribution is 0.102. The van der Waals surface area contributed by atoms with Crippen LogP contribution in [0, 0.1) is 6.92 Å². The van der Waals surface area contributed by atoms with Crippen molar-refractivity contribution in [3.05, 3.63) is 53.2 Å². The van der Waals surface area contributed by atoms with Crippen molar-refractivity contribution in [3.8, 4) is 0 Å². The van der Waals surface area contributed by atoms with Crippen molar-refractivity contribution >= 4 is 23.4 Å². The molecule has 3 amide bonds. The summed E-state index contributed by atoms with van der Waals surface area (Å²) in [7, 11) is 0. The zero-order chi connectivity index (χ0) is 22.8. The molecule has 1 aliphatic heterocycles. The van der Waals surface area contributed by atoms with Crippen LogP contribution in [0.2, 0.25) is 0 Å². The molecule has 0 aliphatic carbocycles. The van der Waals surface area contributed by atoms with Gasteiger partial charge in [-0.05, 0) is 55.7 Å². The van der Waals surface area contributed by atoms with Crippen LogP contribution >= 0.6 is 0 Å². The van der Waals surface area contributed by atoms with E-state index in [0.717, 1.165) is 31.0 Å². The van der Waals surface area contributed by atoms with Gasteiger partial charge in [0.1, 0.15) is 5.82 Å². The Hall–Kier alpha value is -3.09. The zero-order valence-corrected chi connectivity index (χ0v) is 19.4. The molecule has 1 aliphatic rings. The quantitative estimate of drug-likeness (QED) is 0.757. The molecule has 7 heteroatoms. The highest BCUT2D eigenvalue weighted by molar-refractivity contribution is 6.04. The Morgan fingerprint density at radius 1 is 1.03 bits per heavy atom. The summed E-state index contributed by atoms with van der Waals surface area (Å²) in [5.41, 5.74) is 3.76. The van der Waals surface area contributed by atoms with E-state index in [4.69, 9.17) is 0 Å². The van der Waals surface area contributed by atoms with Crippen molar-refractivity contribution in [1.82, 2.24) is 15.2 Å². The fourth-order valence-electron chi connectivity index (χ4n) is 3.48. The van der Waals surface area contributed by atoms with Crippen LogP contribution < -0.4 is 15.5 Å². The van der Waals surface area contributed by atoms with E-state index in [0.29, 0.717) is 25.2 Å². The molecule has 0 radical (unpaired) electrons. The van der Waals surface area contributed by atoms with E-state index in [2.05, 4.69) is 34.4 Å². The predicted molar refractivity (Wildman–Crippen MR) is 127 cm³/mol. The zero-order valence-electron chi connectivity index (χ0n) is 19.4. The van der Waals surface area contributed by atoms with E-state index in [1.54, 1.807) is 12.3 Å². The SMILES string of the molecule is CC.CCNC(=O)N1CCN(c2ccc(C(=O)Nc3ccc(CC)c(C)c3)cn2)CC1. The normalized spacial score (nSPS) is 13.2. The first kappa shape index (κ1) is 24.2. The summed E-state index contributed by atoms with van der Waals surface area (Å²) in [4.78, 5) is 32.8. The molecular formula is C24H35N5O2. The molecule has 0 spiro atoms. The highest BCUT2D eigenvalue weighted by Crippen LogP contribution is 2.18.